The first-order valence-corrected chi connectivity index (χ1v) is 4.21. The van der Waals surface area contributed by atoms with Gasteiger partial charge in [-0.05, 0) is 0 Å². The molecule has 0 aliphatic carbocycles. The van der Waals surface area contributed by atoms with Crippen molar-refractivity contribution in [3.63, 3.8) is 0 Å². The van der Waals surface area contributed by atoms with Gasteiger partial charge >= 0.3 is 0 Å². The van der Waals surface area contributed by atoms with E-state index in [1.807, 2.05) is 0 Å². The zero-order valence-electron chi connectivity index (χ0n) is 7.12. The topological polar surface area (TPSA) is 75.4 Å². The van der Waals surface area contributed by atoms with Crippen molar-refractivity contribution in [3.05, 3.63) is 11.8 Å². The van der Waals surface area contributed by atoms with Crippen molar-refractivity contribution in [1.29, 1.82) is 0 Å². The molecule has 2 aliphatic rings. The predicted molar refractivity (Wildman–Crippen MR) is 45.4 cm³/mol. The predicted octanol–water partition coefficient (Wildman–Crippen LogP) is -1.44. The molecule has 0 unspecified atom stereocenters. The Balaban J connectivity index is 2.11. The molecule has 0 atom stereocenters. The first-order valence-electron chi connectivity index (χ1n) is 4.21. The average molecular weight is 181 g/mol. The van der Waals surface area contributed by atoms with Crippen LogP contribution in [0.3, 0.4) is 0 Å². The van der Waals surface area contributed by atoms with Gasteiger partial charge < -0.3 is 16.0 Å². The summed E-state index contributed by atoms with van der Waals surface area (Å²) in [6.45, 7) is 1.60. The van der Waals surface area contributed by atoms with Gasteiger partial charge in [0.1, 0.15) is 0 Å². The van der Waals surface area contributed by atoms with Crippen LogP contribution >= 0.6 is 0 Å². The van der Waals surface area contributed by atoms with E-state index in [0.717, 1.165) is 13.1 Å². The Hall–Kier alpha value is -1.36. The molecule has 2 heterocycles. The van der Waals surface area contributed by atoms with Crippen molar-refractivity contribution in [2.45, 2.75) is 12.5 Å². The van der Waals surface area contributed by atoms with Gasteiger partial charge in [-0.1, -0.05) is 0 Å². The van der Waals surface area contributed by atoms with Crippen LogP contribution < -0.4 is 11.1 Å². The Bertz CT molecular complexity index is 294. The molecule has 0 aromatic rings. The standard InChI is InChI=1S/C8H11N3O2/c9-8(13)5-1-7(12)11(4-5)6-2-10-3-6/h4,6,10H,1-3H2,(H2,9,13). The van der Waals surface area contributed by atoms with Gasteiger partial charge in [-0.15, -0.1) is 0 Å². The maximum atomic E-state index is 11.4. The van der Waals surface area contributed by atoms with Gasteiger partial charge in [-0.25, -0.2) is 0 Å². The fraction of sp³-hybridized carbons (Fsp3) is 0.500. The number of hydrogen-bond donors (Lipinski definition) is 2. The molecule has 1 fully saturated rings. The van der Waals surface area contributed by atoms with Crippen LogP contribution in [0, 0.1) is 0 Å². The lowest BCUT2D eigenvalue weighted by Gasteiger charge is -2.34. The van der Waals surface area contributed by atoms with Crippen molar-refractivity contribution in [3.8, 4) is 0 Å². The number of amides is 2. The zero-order chi connectivity index (χ0) is 9.42. The fourth-order valence-electron chi connectivity index (χ4n) is 1.47. The van der Waals surface area contributed by atoms with Gasteiger partial charge in [0.05, 0.1) is 12.5 Å². The van der Waals surface area contributed by atoms with E-state index in [9.17, 15) is 9.59 Å². The van der Waals surface area contributed by atoms with Crippen molar-refractivity contribution < 1.29 is 9.59 Å². The number of hydrogen-bond acceptors (Lipinski definition) is 3. The SMILES string of the molecule is NC(=O)C1=CN(C2CNC2)C(=O)C1. The summed E-state index contributed by atoms with van der Waals surface area (Å²) < 4.78 is 0. The van der Waals surface area contributed by atoms with Crippen LogP contribution in [0.15, 0.2) is 11.8 Å². The van der Waals surface area contributed by atoms with E-state index < -0.39 is 5.91 Å². The third-order valence-corrected chi connectivity index (χ3v) is 2.39. The van der Waals surface area contributed by atoms with E-state index in [1.165, 1.54) is 0 Å². The molecular weight excluding hydrogens is 170 g/mol. The second-order valence-electron chi connectivity index (χ2n) is 3.31. The van der Waals surface area contributed by atoms with Gasteiger partial charge in [0.25, 0.3) is 0 Å². The van der Waals surface area contributed by atoms with E-state index in [2.05, 4.69) is 5.32 Å². The Labute approximate surface area is 75.6 Å². The zero-order valence-corrected chi connectivity index (χ0v) is 7.12. The van der Waals surface area contributed by atoms with Gasteiger partial charge in [0.2, 0.25) is 11.8 Å². The van der Waals surface area contributed by atoms with Crippen molar-refractivity contribution in [2.24, 2.45) is 5.73 Å². The molecule has 5 heteroatoms. The highest BCUT2D eigenvalue weighted by atomic mass is 16.2. The quantitative estimate of drug-likeness (QED) is 0.548. The fourth-order valence-corrected chi connectivity index (χ4v) is 1.47. The third-order valence-electron chi connectivity index (χ3n) is 2.39. The monoisotopic (exact) mass is 181 g/mol. The molecule has 13 heavy (non-hydrogen) atoms. The second kappa shape index (κ2) is 2.85. The van der Waals surface area contributed by atoms with Gasteiger partial charge in [-0.2, -0.15) is 0 Å². The number of nitrogens with zero attached hydrogens (tertiary/aromatic N) is 1. The first kappa shape index (κ1) is 8.25. The number of primary amides is 1. The van der Waals surface area contributed by atoms with E-state index in [1.54, 1.807) is 11.1 Å². The molecule has 5 nitrogen and oxygen atoms in total. The van der Waals surface area contributed by atoms with E-state index >= 15 is 0 Å². The van der Waals surface area contributed by atoms with Crippen molar-refractivity contribution >= 4 is 11.8 Å². The van der Waals surface area contributed by atoms with Gasteiger partial charge in [0.15, 0.2) is 0 Å². The van der Waals surface area contributed by atoms with Crippen LogP contribution in [0.4, 0.5) is 0 Å². The molecule has 1 saturated heterocycles. The van der Waals surface area contributed by atoms with Gasteiger partial charge in [-0.3, -0.25) is 9.59 Å². The summed E-state index contributed by atoms with van der Waals surface area (Å²) in [7, 11) is 0. The summed E-state index contributed by atoms with van der Waals surface area (Å²) in [5.41, 5.74) is 5.49. The Morgan fingerprint density at radius 3 is 2.69 bits per heavy atom. The van der Waals surface area contributed by atoms with Crippen molar-refractivity contribution in [2.75, 3.05) is 13.1 Å². The highest BCUT2D eigenvalue weighted by Crippen LogP contribution is 2.19. The molecule has 0 radical (unpaired) electrons. The summed E-state index contributed by atoms with van der Waals surface area (Å²) >= 11 is 0. The Morgan fingerprint density at radius 1 is 1.62 bits per heavy atom. The highest BCUT2D eigenvalue weighted by molar-refractivity contribution is 6.00. The number of nitrogens with two attached hydrogens (primary N) is 1. The van der Waals surface area contributed by atoms with Gasteiger partial charge in [0, 0.05) is 24.9 Å². The molecular formula is C8H11N3O2. The molecule has 3 N–H and O–H groups in total. The molecule has 70 valence electrons. The molecule has 0 bridgehead atoms. The molecule has 0 saturated carbocycles. The lowest BCUT2D eigenvalue weighted by atomic mass is 10.1. The number of nitrogens with one attached hydrogen (secondary N) is 1. The minimum absolute atomic E-state index is 0.0275. The van der Waals surface area contributed by atoms with Crippen LogP contribution in [0.25, 0.3) is 0 Å². The normalized spacial score (nSPS) is 22.9. The maximum absolute atomic E-state index is 11.4. The lowest BCUT2D eigenvalue weighted by Crippen LogP contribution is -2.56. The summed E-state index contributed by atoms with van der Waals surface area (Å²) in [4.78, 5) is 23.8. The summed E-state index contributed by atoms with van der Waals surface area (Å²) in [6, 6.07) is 0.212. The minimum atomic E-state index is -0.497. The summed E-state index contributed by atoms with van der Waals surface area (Å²) in [5, 5.41) is 3.06. The van der Waals surface area contributed by atoms with E-state index in [-0.39, 0.29) is 18.4 Å². The van der Waals surface area contributed by atoms with Crippen LogP contribution in [-0.2, 0) is 9.59 Å². The molecule has 0 aromatic heterocycles. The maximum Gasteiger partial charge on any atom is 0.246 e. The summed E-state index contributed by atoms with van der Waals surface area (Å²) in [6.07, 6.45) is 1.74. The Kier molecular flexibility index (Phi) is 1.81. The number of carbonyl (C=O) groups is 2. The molecule has 0 spiro atoms. The molecule has 2 amide bonds. The Morgan fingerprint density at radius 2 is 2.31 bits per heavy atom. The van der Waals surface area contributed by atoms with Crippen LogP contribution in [-0.4, -0.2) is 35.8 Å². The molecule has 2 aliphatic heterocycles. The van der Waals surface area contributed by atoms with Crippen molar-refractivity contribution in [1.82, 2.24) is 10.2 Å². The van der Waals surface area contributed by atoms with E-state index in [0.29, 0.717) is 5.57 Å². The van der Waals surface area contributed by atoms with Crippen LogP contribution in [0.5, 0.6) is 0 Å². The highest BCUT2D eigenvalue weighted by Gasteiger charge is 2.32. The molecule has 0 aromatic carbocycles. The first-order chi connectivity index (χ1) is 6.18. The summed E-state index contributed by atoms with van der Waals surface area (Å²) in [5.74, 6) is -0.525. The third kappa shape index (κ3) is 1.31. The second-order valence-corrected chi connectivity index (χ2v) is 3.31. The molecule has 2 rings (SSSR count). The number of rotatable bonds is 2. The minimum Gasteiger partial charge on any atom is -0.366 e. The van der Waals surface area contributed by atoms with E-state index in [4.69, 9.17) is 5.73 Å². The largest absolute Gasteiger partial charge is 0.366 e. The number of carbonyl (C=O) groups excluding carboxylic acids is 2. The average Bonchev–Trinajstić information content (AvgIpc) is 2.29. The van der Waals surface area contributed by atoms with Crippen LogP contribution in [0.1, 0.15) is 6.42 Å². The van der Waals surface area contributed by atoms with Crippen LogP contribution in [0.2, 0.25) is 0 Å². The smallest absolute Gasteiger partial charge is 0.246 e. The lowest BCUT2D eigenvalue weighted by molar-refractivity contribution is -0.129.